The molecule has 0 saturated heterocycles. The minimum atomic E-state index is -4.04. The minimum absolute atomic E-state index is 0.200. The summed E-state index contributed by atoms with van der Waals surface area (Å²) in [6.45, 7) is 8.19. The van der Waals surface area contributed by atoms with Gasteiger partial charge in [0.05, 0.1) is 27.2 Å². The summed E-state index contributed by atoms with van der Waals surface area (Å²) in [7, 11) is 2.05. The maximum atomic E-state index is 12.6. The molecule has 37 heavy (non-hydrogen) atoms. The molecule has 0 radical (unpaired) electrons. The first kappa shape index (κ1) is 29.5. The number of aliphatic carboxylic acids is 1. The van der Waals surface area contributed by atoms with Crippen LogP contribution in [0.5, 0.6) is 0 Å². The van der Waals surface area contributed by atoms with Crippen LogP contribution in [0.2, 0.25) is 0 Å². The van der Waals surface area contributed by atoms with Gasteiger partial charge in [-0.15, -0.1) is 0 Å². The van der Waals surface area contributed by atoms with Crippen molar-refractivity contribution in [3.8, 4) is 0 Å². The summed E-state index contributed by atoms with van der Waals surface area (Å²) in [6, 6.07) is 0. The quantitative estimate of drug-likeness (QED) is 0.247. The van der Waals surface area contributed by atoms with Gasteiger partial charge in [-0.05, 0) is 111 Å². The van der Waals surface area contributed by atoms with Gasteiger partial charge in [0.15, 0.2) is 0 Å². The number of hydrogen-bond donors (Lipinski definition) is 2. The summed E-state index contributed by atoms with van der Waals surface area (Å²) in [4.78, 5) is 21.5. The first-order valence-corrected chi connectivity index (χ1v) is 16.3. The molecule has 2 unspecified atom stereocenters. The van der Waals surface area contributed by atoms with E-state index >= 15 is 0 Å². The van der Waals surface area contributed by atoms with Gasteiger partial charge in [0.25, 0.3) is 0 Å². The second kappa shape index (κ2) is 10.8. The molecule has 10 atom stereocenters. The highest BCUT2D eigenvalue weighted by Crippen LogP contribution is 2.68. The summed E-state index contributed by atoms with van der Waals surface area (Å²) in [5.74, 6) is 3.22. The zero-order chi connectivity index (χ0) is 27.2. The average molecular weight is 543 g/mol. The van der Waals surface area contributed by atoms with E-state index in [2.05, 4.69) is 20.8 Å². The van der Waals surface area contributed by atoms with Crippen molar-refractivity contribution in [3.05, 3.63) is 0 Å². The molecule has 0 heterocycles. The monoisotopic (exact) mass is 542 g/mol. The number of phosphoric acid groups is 1. The van der Waals surface area contributed by atoms with Gasteiger partial charge in [0.2, 0.25) is 0 Å². The van der Waals surface area contributed by atoms with Crippen molar-refractivity contribution in [2.24, 2.45) is 46.3 Å². The molecule has 4 saturated carbocycles. The smallest absolute Gasteiger partial charge is 0.472 e. The maximum absolute atomic E-state index is 12.6. The van der Waals surface area contributed by atoms with E-state index in [1.807, 2.05) is 21.1 Å². The highest BCUT2D eigenvalue weighted by Gasteiger charge is 2.60. The molecule has 214 valence electrons. The van der Waals surface area contributed by atoms with Crippen molar-refractivity contribution in [2.75, 3.05) is 34.3 Å². The fraction of sp³-hybridized carbons (Fsp3) is 0.966. The van der Waals surface area contributed by atoms with Gasteiger partial charge < -0.3 is 14.5 Å². The Balaban J connectivity index is 1.37. The molecular formula is C29H53NO6P+. The van der Waals surface area contributed by atoms with Crippen LogP contribution in [-0.4, -0.2) is 60.9 Å². The van der Waals surface area contributed by atoms with Crippen molar-refractivity contribution in [3.63, 3.8) is 0 Å². The summed E-state index contributed by atoms with van der Waals surface area (Å²) in [5.41, 5.74) is 0.621. The number of carboxylic acids is 1. The lowest BCUT2D eigenvalue weighted by Crippen LogP contribution is -2.54. The molecule has 0 spiro atoms. The fourth-order valence-corrected chi connectivity index (χ4v) is 10.4. The zero-order valence-corrected chi connectivity index (χ0v) is 25.1. The predicted octanol–water partition coefficient (Wildman–Crippen LogP) is 6.35. The topological polar surface area (TPSA) is 93.1 Å². The van der Waals surface area contributed by atoms with Crippen LogP contribution in [0.25, 0.3) is 0 Å². The standard InChI is InChI=1S/C29H52NO6P/c1-20(7-12-27(31)32)24-10-11-25-23-9-8-21-19-22(36-37(33,34)35-18-17-30(4,5)6)13-15-28(21,2)26(23)14-16-29(24,25)3/h20-26H,7-19H2,1-6H3,(H-,31,32,33,34)/p+1/t20-,21?,22-,23+,24-,25+,26+,28+,29-/m1/s1. The van der Waals surface area contributed by atoms with Gasteiger partial charge in [0, 0.05) is 6.42 Å². The first-order chi connectivity index (χ1) is 17.1. The van der Waals surface area contributed by atoms with Gasteiger partial charge >= 0.3 is 13.8 Å². The van der Waals surface area contributed by atoms with Gasteiger partial charge in [-0.1, -0.05) is 20.8 Å². The number of quaternary nitrogens is 1. The molecule has 4 rings (SSSR count). The maximum Gasteiger partial charge on any atom is 0.472 e. The minimum Gasteiger partial charge on any atom is -0.481 e. The van der Waals surface area contributed by atoms with Gasteiger partial charge in [-0.3, -0.25) is 13.8 Å². The van der Waals surface area contributed by atoms with Crippen LogP contribution in [0.4, 0.5) is 0 Å². The average Bonchev–Trinajstić information content (AvgIpc) is 3.13. The van der Waals surface area contributed by atoms with Crippen LogP contribution < -0.4 is 0 Å². The molecule has 0 bridgehead atoms. The molecule has 0 aromatic rings. The Hall–Kier alpha value is -0.460. The van der Waals surface area contributed by atoms with Crippen molar-refractivity contribution < 1.29 is 32.9 Å². The van der Waals surface area contributed by atoms with Gasteiger partial charge in [0.1, 0.15) is 13.2 Å². The number of carbonyl (C=O) groups is 1. The molecule has 0 aliphatic heterocycles. The second-order valence-electron chi connectivity index (χ2n) is 14.6. The largest absolute Gasteiger partial charge is 0.481 e. The van der Waals surface area contributed by atoms with E-state index < -0.39 is 13.8 Å². The number of hydrogen-bond acceptors (Lipinski definition) is 4. The molecule has 4 aliphatic carbocycles. The fourth-order valence-electron chi connectivity index (χ4n) is 9.49. The van der Waals surface area contributed by atoms with Crippen LogP contribution in [-0.2, 0) is 18.4 Å². The third-order valence-corrected chi connectivity index (χ3v) is 12.6. The Kier molecular flexibility index (Phi) is 8.65. The molecule has 0 aromatic heterocycles. The molecule has 0 amide bonds. The lowest BCUT2D eigenvalue weighted by Gasteiger charge is -2.61. The SMILES string of the molecule is C[C@H](CCC(=O)O)[C@H]1CC[C@H]2[C@@H]3CCC4C[C@H](OP(=O)(O)OCC[N+](C)(C)C)CC[C@]4(C)[C@H]3CC[C@]12C. The Morgan fingerprint density at radius 2 is 1.70 bits per heavy atom. The van der Waals surface area contributed by atoms with Crippen molar-refractivity contribution in [1.82, 2.24) is 0 Å². The van der Waals surface area contributed by atoms with E-state index in [1.165, 1.54) is 38.5 Å². The molecule has 0 aromatic carbocycles. The molecule has 4 aliphatic rings. The zero-order valence-electron chi connectivity index (χ0n) is 24.2. The van der Waals surface area contributed by atoms with Crippen LogP contribution in [0.1, 0.15) is 91.4 Å². The first-order valence-electron chi connectivity index (χ1n) is 14.8. The number of likely N-dealkylation sites (N-methyl/N-ethyl adjacent to an activating group) is 1. The van der Waals surface area contributed by atoms with Crippen LogP contribution in [0.15, 0.2) is 0 Å². The van der Waals surface area contributed by atoms with Gasteiger partial charge in [-0.2, -0.15) is 0 Å². The highest BCUT2D eigenvalue weighted by molar-refractivity contribution is 7.47. The third-order valence-electron chi connectivity index (χ3n) is 11.5. The summed E-state index contributed by atoms with van der Waals surface area (Å²) in [5, 5.41) is 9.20. The Morgan fingerprint density at radius 3 is 2.38 bits per heavy atom. The van der Waals surface area contributed by atoms with E-state index in [9.17, 15) is 19.4 Å². The number of nitrogens with zero attached hydrogens (tertiary/aromatic N) is 1. The lowest BCUT2D eigenvalue weighted by molar-refractivity contribution is -0.870. The molecule has 4 fully saturated rings. The van der Waals surface area contributed by atoms with Crippen LogP contribution in [0.3, 0.4) is 0 Å². The molecule has 2 N–H and O–H groups in total. The van der Waals surface area contributed by atoms with E-state index in [-0.39, 0.29) is 24.5 Å². The lowest BCUT2D eigenvalue weighted by atomic mass is 9.44. The number of carboxylic acid groups (broad SMARTS) is 1. The van der Waals surface area contributed by atoms with Crippen molar-refractivity contribution in [1.29, 1.82) is 0 Å². The predicted molar refractivity (Wildman–Crippen MR) is 145 cm³/mol. The molecular weight excluding hydrogens is 489 g/mol. The third kappa shape index (κ3) is 6.32. The Bertz CT molecular complexity index is 875. The van der Waals surface area contributed by atoms with E-state index in [4.69, 9.17) is 9.05 Å². The Labute approximate surface area is 224 Å². The second-order valence-corrected chi connectivity index (χ2v) is 16.0. The summed E-state index contributed by atoms with van der Waals surface area (Å²) < 4.78 is 24.4. The van der Waals surface area contributed by atoms with Gasteiger partial charge in [-0.25, -0.2) is 4.57 Å². The van der Waals surface area contributed by atoms with E-state index in [0.29, 0.717) is 34.2 Å². The molecule has 7 nitrogen and oxygen atoms in total. The van der Waals surface area contributed by atoms with Crippen molar-refractivity contribution >= 4 is 13.8 Å². The normalized spacial score (nSPS) is 42.2. The number of rotatable bonds is 10. The number of phosphoric ester groups is 1. The van der Waals surface area contributed by atoms with Crippen LogP contribution >= 0.6 is 7.82 Å². The van der Waals surface area contributed by atoms with E-state index in [0.717, 1.165) is 43.4 Å². The van der Waals surface area contributed by atoms with Crippen LogP contribution in [0, 0.1) is 46.3 Å². The van der Waals surface area contributed by atoms with E-state index in [1.54, 1.807) is 0 Å². The number of fused-ring (bicyclic) bond motifs is 5. The highest BCUT2D eigenvalue weighted by atomic mass is 31.2. The summed E-state index contributed by atoms with van der Waals surface area (Å²) in [6.07, 6.45) is 11.1. The molecule has 8 heteroatoms. The Morgan fingerprint density at radius 1 is 1.03 bits per heavy atom. The summed E-state index contributed by atoms with van der Waals surface area (Å²) >= 11 is 0. The van der Waals surface area contributed by atoms with Crippen molar-refractivity contribution in [2.45, 2.75) is 97.5 Å².